The summed E-state index contributed by atoms with van der Waals surface area (Å²) in [6.45, 7) is 5.90. The van der Waals surface area contributed by atoms with Gasteiger partial charge < -0.3 is 24.9 Å². The SMILES string of the molecule is C=C(CCNC(=O)[C@H]1C[C@@H](O)c2cc(Cl)ccc2O1)NC(=O)c1cnc(CC)o1. The van der Waals surface area contributed by atoms with E-state index in [-0.39, 0.29) is 24.6 Å². The van der Waals surface area contributed by atoms with E-state index in [1.165, 1.54) is 6.20 Å². The molecule has 29 heavy (non-hydrogen) atoms. The minimum atomic E-state index is -0.836. The maximum atomic E-state index is 12.4. The number of oxazole rings is 1. The standard InChI is InChI=1S/C20H22ClN3O5/c1-3-18-23-10-17(29-18)20(27)24-11(2)6-7-22-19(26)16-9-14(25)13-8-12(21)4-5-15(13)28-16/h4-5,8,10,14,16,25H,2-3,6-7,9H2,1H3,(H,22,26)(H,24,27)/t14-,16-/m1/s1. The van der Waals surface area contributed by atoms with Crippen molar-refractivity contribution in [1.29, 1.82) is 0 Å². The third kappa shape index (κ3) is 5.16. The van der Waals surface area contributed by atoms with E-state index in [0.29, 0.717) is 40.8 Å². The van der Waals surface area contributed by atoms with Gasteiger partial charge in [-0.3, -0.25) is 9.59 Å². The van der Waals surface area contributed by atoms with Gasteiger partial charge in [0.15, 0.2) is 12.0 Å². The van der Waals surface area contributed by atoms with E-state index in [1.54, 1.807) is 18.2 Å². The van der Waals surface area contributed by atoms with E-state index in [9.17, 15) is 14.7 Å². The molecule has 8 nitrogen and oxygen atoms in total. The highest BCUT2D eigenvalue weighted by molar-refractivity contribution is 6.30. The highest BCUT2D eigenvalue weighted by atomic mass is 35.5. The molecule has 1 aromatic heterocycles. The first kappa shape index (κ1) is 20.9. The van der Waals surface area contributed by atoms with Gasteiger partial charge in [0.05, 0.1) is 12.3 Å². The van der Waals surface area contributed by atoms with Crippen LogP contribution < -0.4 is 15.4 Å². The van der Waals surface area contributed by atoms with Crippen LogP contribution in [0.1, 0.15) is 47.9 Å². The summed E-state index contributed by atoms with van der Waals surface area (Å²) in [7, 11) is 0. The average molecular weight is 420 g/mol. The van der Waals surface area contributed by atoms with Crippen molar-refractivity contribution in [2.75, 3.05) is 6.54 Å². The number of rotatable bonds is 7. The van der Waals surface area contributed by atoms with Crippen LogP contribution in [-0.4, -0.2) is 34.6 Å². The van der Waals surface area contributed by atoms with Crippen molar-refractivity contribution < 1.29 is 23.8 Å². The lowest BCUT2D eigenvalue weighted by Crippen LogP contribution is -2.42. The van der Waals surface area contributed by atoms with E-state index in [2.05, 4.69) is 22.2 Å². The van der Waals surface area contributed by atoms with Crippen LogP contribution in [0, 0.1) is 0 Å². The van der Waals surface area contributed by atoms with Crippen LogP contribution in [0.3, 0.4) is 0 Å². The quantitative estimate of drug-likeness (QED) is 0.635. The minimum Gasteiger partial charge on any atom is -0.480 e. The van der Waals surface area contributed by atoms with Gasteiger partial charge in [-0.05, 0) is 18.2 Å². The lowest BCUT2D eigenvalue weighted by molar-refractivity contribution is -0.130. The Bertz CT molecular complexity index is 927. The molecule has 3 N–H and O–H groups in total. The molecule has 2 atom stereocenters. The van der Waals surface area contributed by atoms with Crippen molar-refractivity contribution in [1.82, 2.24) is 15.6 Å². The van der Waals surface area contributed by atoms with Crippen LogP contribution in [-0.2, 0) is 11.2 Å². The molecule has 0 unspecified atom stereocenters. The Morgan fingerprint density at radius 2 is 2.21 bits per heavy atom. The average Bonchev–Trinajstić information content (AvgIpc) is 3.17. The molecule has 1 aliphatic rings. The Balaban J connectivity index is 1.45. The molecule has 9 heteroatoms. The number of aliphatic hydroxyl groups excluding tert-OH is 1. The maximum Gasteiger partial charge on any atom is 0.292 e. The van der Waals surface area contributed by atoms with Gasteiger partial charge >= 0.3 is 0 Å². The summed E-state index contributed by atoms with van der Waals surface area (Å²) < 4.78 is 11.0. The topological polar surface area (TPSA) is 114 Å². The lowest BCUT2D eigenvalue weighted by Gasteiger charge is -2.29. The fourth-order valence-electron chi connectivity index (χ4n) is 2.89. The molecule has 0 saturated heterocycles. The Labute approximate surface area is 172 Å². The Hall–Kier alpha value is -2.84. The third-order valence-electron chi connectivity index (χ3n) is 4.43. The number of ether oxygens (including phenoxy) is 1. The van der Waals surface area contributed by atoms with Crippen LogP contribution in [0.15, 0.2) is 41.1 Å². The predicted octanol–water partition coefficient (Wildman–Crippen LogP) is 2.52. The molecule has 2 heterocycles. The number of aromatic nitrogens is 1. The number of hydrogen-bond acceptors (Lipinski definition) is 6. The maximum absolute atomic E-state index is 12.4. The highest BCUT2D eigenvalue weighted by Crippen LogP contribution is 2.36. The largest absolute Gasteiger partial charge is 0.480 e. The van der Waals surface area contributed by atoms with Crippen LogP contribution in [0.4, 0.5) is 0 Å². The number of benzene rings is 1. The number of halogens is 1. The first-order valence-electron chi connectivity index (χ1n) is 9.23. The number of hydrogen-bond donors (Lipinski definition) is 3. The Morgan fingerprint density at radius 3 is 2.93 bits per heavy atom. The first-order valence-corrected chi connectivity index (χ1v) is 9.61. The number of nitrogens with one attached hydrogen (secondary N) is 2. The molecular formula is C20H22ClN3O5. The number of fused-ring (bicyclic) bond motifs is 1. The summed E-state index contributed by atoms with van der Waals surface area (Å²) in [5.41, 5.74) is 0.991. The molecule has 0 spiro atoms. The van der Waals surface area contributed by atoms with Crippen LogP contribution in [0.2, 0.25) is 5.02 Å². The zero-order valence-electron chi connectivity index (χ0n) is 15.9. The van der Waals surface area contributed by atoms with Gasteiger partial charge in [0.1, 0.15) is 5.75 Å². The summed E-state index contributed by atoms with van der Waals surface area (Å²) in [6.07, 6.45) is 0.756. The molecule has 0 saturated carbocycles. The molecule has 3 rings (SSSR count). The second-order valence-corrected chi connectivity index (χ2v) is 7.05. The zero-order valence-corrected chi connectivity index (χ0v) is 16.7. The lowest BCUT2D eigenvalue weighted by atomic mass is 9.98. The molecule has 2 amide bonds. The number of nitrogens with zero attached hydrogens (tertiary/aromatic N) is 1. The Morgan fingerprint density at radius 1 is 1.41 bits per heavy atom. The number of aliphatic hydroxyl groups is 1. The van der Waals surface area contributed by atoms with Gasteiger partial charge in [-0.15, -0.1) is 0 Å². The number of carbonyl (C=O) groups excluding carboxylic acids is 2. The van der Waals surface area contributed by atoms with E-state index in [4.69, 9.17) is 20.8 Å². The monoisotopic (exact) mass is 419 g/mol. The van der Waals surface area contributed by atoms with Crippen molar-refractivity contribution in [3.05, 3.63) is 58.9 Å². The smallest absolute Gasteiger partial charge is 0.292 e. The number of carbonyl (C=O) groups is 2. The molecule has 154 valence electrons. The van der Waals surface area contributed by atoms with Crippen molar-refractivity contribution in [2.24, 2.45) is 0 Å². The van der Waals surface area contributed by atoms with Crippen molar-refractivity contribution in [2.45, 2.75) is 38.4 Å². The number of amides is 2. The number of aryl methyl sites for hydroxylation is 1. The van der Waals surface area contributed by atoms with Gasteiger partial charge in [-0.25, -0.2) is 4.98 Å². The van der Waals surface area contributed by atoms with Gasteiger partial charge in [-0.1, -0.05) is 25.1 Å². The second-order valence-electron chi connectivity index (χ2n) is 6.61. The molecular weight excluding hydrogens is 398 g/mol. The summed E-state index contributed by atoms with van der Waals surface area (Å²) in [5, 5.41) is 16.1. The zero-order chi connectivity index (χ0) is 21.0. The molecule has 0 bridgehead atoms. The summed E-state index contributed by atoms with van der Waals surface area (Å²) >= 11 is 5.93. The minimum absolute atomic E-state index is 0.107. The van der Waals surface area contributed by atoms with Crippen molar-refractivity contribution in [3.63, 3.8) is 0 Å². The normalized spacial score (nSPS) is 17.8. The molecule has 0 fully saturated rings. The van der Waals surface area contributed by atoms with Crippen LogP contribution >= 0.6 is 11.6 Å². The highest BCUT2D eigenvalue weighted by Gasteiger charge is 2.31. The Kier molecular flexibility index (Phi) is 6.56. The summed E-state index contributed by atoms with van der Waals surface area (Å²) in [5.74, 6) is 0.222. The van der Waals surface area contributed by atoms with E-state index in [1.807, 2.05) is 6.92 Å². The molecule has 1 aromatic carbocycles. The van der Waals surface area contributed by atoms with Crippen LogP contribution in [0.5, 0.6) is 5.75 Å². The molecule has 1 aliphatic heterocycles. The van der Waals surface area contributed by atoms with Gasteiger partial charge in [0.25, 0.3) is 11.8 Å². The fourth-order valence-corrected chi connectivity index (χ4v) is 3.07. The van der Waals surface area contributed by atoms with Crippen molar-refractivity contribution >= 4 is 23.4 Å². The van der Waals surface area contributed by atoms with Gasteiger partial charge in [0.2, 0.25) is 5.76 Å². The summed E-state index contributed by atoms with van der Waals surface area (Å²) in [4.78, 5) is 28.4. The van der Waals surface area contributed by atoms with Gasteiger partial charge in [-0.2, -0.15) is 0 Å². The summed E-state index contributed by atoms with van der Waals surface area (Å²) in [6, 6.07) is 4.89. The molecule has 0 radical (unpaired) electrons. The molecule has 2 aromatic rings. The predicted molar refractivity (Wildman–Crippen MR) is 106 cm³/mol. The second kappa shape index (κ2) is 9.11. The van der Waals surface area contributed by atoms with E-state index in [0.717, 1.165) is 0 Å². The third-order valence-corrected chi connectivity index (χ3v) is 4.66. The van der Waals surface area contributed by atoms with Crippen LogP contribution in [0.25, 0.3) is 0 Å². The van der Waals surface area contributed by atoms with E-state index < -0.39 is 18.1 Å². The fraction of sp³-hybridized carbons (Fsp3) is 0.350. The molecule has 0 aliphatic carbocycles. The first-order chi connectivity index (χ1) is 13.9. The van der Waals surface area contributed by atoms with Gasteiger partial charge in [0, 0.05) is 42.1 Å². The van der Waals surface area contributed by atoms with Crippen molar-refractivity contribution in [3.8, 4) is 5.75 Å². The van der Waals surface area contributed by atoms with E-state index >= 15 is 0 Å².